The Hall–Kier alpha value is -1.28. The molecule has 0 atom stereocenters. The van der Waals surface area contributed by atoms with E-state index in [0.29, 0.717) is 24.1 Å². The minimum atomic E-state index is -0.0472. The number of halogens is 2. The molecule has 0 aliphatic carbocycles. The van der Waals surface area contributed by atoms with Crippen LogP contribution in [0.15, 0.2) is 41.9 Å². The van der Waals surface area contributed by atoms with E-state index in [1.54, 1.807) is 20.2 Å². The van der Waals surface area contributed by atoms with Crippen LogP contribution in [0.1, 0.15) is 5.56 Å². The number of hydrogen-bond acceptors (Lipinski definition) is 2. The average molecular weight is 451 g/mol. The van der Waals surface area contributed by atoms with Gasteiger partial charge in [-0.25, -0.2) is 4.99 Å². The summed E-state index contributed by atoms with van der Waals surface area (Å²) in [6.45, 7) is 5.00. The molecular formula is C16H24ClIN4O. The van der Waals surface area contributed by atoms with Gasteiger partial charge < -0.3 is 15.1 Å². The van der Waals surface area contributed by atoms with Crippen LogP contribution in [0.3, 0.4) is 0 Å². The van der Waals surface area contributed by atoms with Crippen molar-refractivity contribution in [3.8, 4) is 0 Å². The molecule has 1 rings (SSSR count). The third kappa shape index (κ3) is 8.22. The maximum absolute atomic E-state index is 11.7. The SMILES string of the molecule is C=CCNC(=NCC(=O)N(C)C)N(C)Cc1cccc(Cl)c1.I. The summed E-state index contributed by atoms with van der Waals surface area (Å²) in [4.78, 5) is 19.5. The highest BCUT2D eigenvalue weighted by Gasteiger charge is 2.09. The summed E-state index contributed by atoms with van der Waals surface area (Å²) in [6, 6.07) is 7.66. The number of carbonyl (C=O) groups excluding carboxylic acids is 1. The Morgan fingerprint density at radius 2 is 2.09 bits per heavy atom. The molecule has 0 spiro atoms. The van der Waals surface area contributed by atoms with Crippen molar-refractivity contribution in [1.82, 2.24) is 15.1 Å². The Labute approximate surface area is 160 Å². The number of benzene rings is 1. The van der Waals surface area contributed by atoms with Crippen LogP contribution in [-0.2, 0) is 11.3 Å². The molecule has 1 amide bonds. The third-order valence-electron chi connectivity index (χ3n) is 2.94. The van der Waals surface area contributed by atoms with Gasteiger partial charge in [0.05, 0.1) is 0 Å². The molecule has 1 aromatic carbocycles. The van der Waals surface area contributed by atoms with Gasteiger partial charge in [-0.05, 0) is 17.7 Å². The Bertz CT molecular complexity index is 549. The highest BCUT2D eigenvalue weighted by atomic mass is 127. The quantitative estimate of drug-likeness (QED) is 0.314. The van der Waals surface area contributed by atoms with E-state index in [0.717, 1.165) is 5.56 Å². The summed E-state index contributed by atoms with van der Waals surface area (Å²) in [7, 11) is 5.34. The fraction of sp³-hybridized carbons (Fsp3) is 0.375. The van der Waals surface area contributed by atoms with Crippen molar-refractivity contribution in [2.75, 3.05) is 34.2 Å². The van der Waals surface area contributed by atoms with Gasteiger partial charge in [0.25, 0.3) is 0 Å². The van der Waals surface area contributed by atoms with E-state index < -0.39 is 0 Å². The highest BCUT2D eigenvalue weighted by molar-refractivity contribution is 14.0. The van der Waals surface area contributed by atoms with E-state index in [4.69, 9.17) is 11.6 Å². The Kier molecular flexibility index (Phi) is 10.7. The van der Waals surface area contributed by atoms with Gasteiger partial charge in [-0.15, -0.1) is 30.6 Å². The molecule has 23 heavy (non-hydrogen) atoms. The Balaban J connectivity index is 0.00000484. The van der Waals surface area contributed by atoms with Gasteiger partial charge in [0.15, 0.2) is 5.96 Å². The second-order valence-corrected chi connectivity index (χ2v) is 5.52. The zero-order chi connectivity index (χ0) is 16.5. The molecule has 0 heterocycles. The van der Waals surface area contributed by atoms with Crippen molar-refractivity contribution in [3.05, 3.63) is 47.5 Å². The maximum Gasteiger partial charge on any atom is 0.243 e. The van der Waals surface area contributed by atoms with Crippen molar-refractivity contribution in [3.63, 3.8) is 0 Å². The minimum Gasteiger partial charge on any atom is -0.353 e. The number of nitrogens with one attached hydrogen (secondary N) is 1. The smallest absolute Gasteiger partial charge is 0.243 e. The van der Waals surface area contributed by atoms with Crippen LogP contribution in [0.2, 0.25) is 5.02 Å². The predicted molar refractivity (Wildman–Crippen MR) is 108 cm³/mol. The lowest BCUT2D eigenvalue weighted by Crippen LogP contribution is -2.39. The molecule has 7 heteroatoms. The van der Waals surface area contributed by atoms with Gasteiger partial charge in [-0.2, -0.15) is 0 Å². The van der Waals surface area contributed by atoms with Crippen LogP contribution in [0.4, 0.5) is 0 Å². The first-order valence-corrected chi connectivity index (χ1v) is 7.36. The number of amides is 1. The third-order valence-corrected chi connectivity index (χ3v) is 3.17. The lowest BCUT2D eigenvalue weighted by molar-refractivity contribution is -0.127. The van der Waals surface area contributed by atoms with Gasteiger partial charge in [0.2, 0.25) is 5.91 Å². The van der Waals surface area contributed by atoms with Crippen LogP contribution in [0.25, 0.3) is 0 Å². The normalized spacial score (nSPS) is 10.5. The van der Waals surface area contributed by atoms with E-state index in [1.807, 2.05) is 36.2 Å². The van der Waals surface area contributed by atoms with Crippen molar-refractivity contribution < 1.29 is 4.79 Å². The van der Waals surface area contributed by atoms with Gasteiger partial charge in [-0.3, -0.25) is 4.79 Å². The summed E-state index contributed by atoms with van der Waals surface area (Å²) in [6.07, 6.45) is 1.75. The fourth-order valence-electron chi connectivity index (χ4n) is 1.74. The maximum atomic E-state index is 11.7. The molecular weight excluding hydrogens is 427 g/mol. The van der Waals surface area contributed by atoms with Gasteiger partial charge in [-0.1, -0.05) is 29.8 Å². The molecule has 0 fully saturated rings. The minimum absolute atomic E-state index is 0. The second-order valence-electron chi connectivity index (χ2n) is 5.08. The molecule has 128 valence electrons. The van der Waals surface area contributed by atoms with Crippen LogP contribution < -0.4 is 5.32 Å². The van der Waals surface area contributed by atoms with Gasteiger partial charge in [0.1, 0.15) is 6.54 Å². The molecule has 0 saturated carbocycles. The Morgan fingerprint density at radius 1 is 1.39 bits per heavy atom. The zero-order valence-electron chi connectivity index (χ0n) is 13.8. The largest absolute Gasteiger partial charge is 0.353 e. The van der Waals surface area contributed by atoms with Crippen LogP contribution >= 0.6 is 35.6 Å². The van der Waals surface area contributed by atoms with E-state index in [1.165, 1.54) is 4.90 Å². The van der Waals surface area contributed by atoms with Gasteiger partial charge >= 0.3 is 0 Å². The lowest BCUT2D eigenvalue weighted by atomic mass is 10.2. The van der Waals surface area contributed by atoms with E-state index in [2.05, 4.69) is 16.9 Å². The molecule has 0 saturated heterocycles. The number of rotatable bonds is 6. The number of guanidine groups is 1. The summed E-state index contributed by atoms with van der Waals surface area (Å²) in [5.41, 5.74) is 1.07. The number of carbonyl (C=O) groups is 1. The fourth-order valence-corrected chi connectivity index (χ4v) is 1.96. The number of hydrogen-bond donors (Lipinski definition) is 1. The first-order chi connectivity index (χ1) is 10.4. The van der Waals surface area contributed by atoms with E-state index >= 15 is 0 Å². The van der Waals surface area contributed by atoms with Crippen molar-refractivity contribution in [2.45, 2.75) is 6.54 Å². The molecule has 1 aromatic rings. The molecule has 1 N–H and O–H groups in total. The highest BCUT2D eigenvalue weighted by Crippen LogP contribution is 2.12. The molecule has 0 unspecified atom stereocenters. The standard InChI is InChI=1S/C16H23ClN4O.HI/c1-5-9-18-16(19-11-15(22)20(2)3)21(4)12-13-7-6-8-14(17)10-13;/h5-8,10H,1,9,11-12H2,2-4H3,(H,18,19);1H. The molecule has 0 radical (unpaired) electrons. The van der Waals surface area contributed by atoms with Crippen molar-refractivity contribution in [2.24, 2.45) is 4.99 Å². The predicted octanol–water partition coefficient (Wildman–Crippen LogP) is 2.61. The van der Waals surface area contributed by atoms with Crippen LogP contribution in [0.5, 0.6) is 0 Å². The molecule has 0 bridgehead atoms. The zero-order valence-corrected chi connectivity index (χ0v) is 16.8. The second kappa shape index (κ2) is 11.3. The molecule has 5 nitrogen and oxygen atoms in total. The molecule has 0 aliphatic rings. The first kappa shape index (κ1) is 21.7. The Morgan fingerprint density at radius 3 is 2.65 bits per heavy atom. The van der Waals surface area contributed by atoms with Crippen LogP contribution in [0, 0.1) is 0 Å². The summed E-state index contributed by atoms with van der Waals surface area (Å²) in [5.74, 6) is 0.601. The monoisotopic (exact) mass is 450 g/mol. The van der Waals surface area contributed by atoms with E-state index in [-0.39, 0.29) is 36.4 Å². The van der Waals surface area contributed by atoms with Crippen molar-refractivity contribution >= 4 is 47.4 Å². The number of nitrogens with zero attached hydrogens (tertiary/aromatic N) is 3. The number of likely N-dealkylation sites (N-methyl/N-ethyl adjacent to an activating group) is 1. The van der Waals surface area contributed by atoms with E-state index in [9.17, 15) is 4.79 Å². The summed E-state index contributed by atoms with van der Waals surface area (Å²) >= 11 is 6.00. The first-order valence-electron chi connectivity index (χ1n) is 6.99. The van der Waals surface area contributed by atoms with Gasteiger partial charge in [0, 0.05) is 39.3 Å². The van der Waals surface area contributed by atoms with Crippen LogP contribution in [-0.4, -0.2) is 55.9 Å². The topological polar surface area (TPSA) is 47.9 Å². The molecule has 0 aliphatic heterocycles. The average Bonchev–Trinajstić information content (AvgIpc) is 2.46. The molecule has 0 aromatic heterocycles. The number of aliphatic imine (C=N–C) groups is 1. The van der Waals surface area contributed by atoms with Crippen molar-refractivity contribution in [1.29, 1.82) is 0 Å². The lowest BCUT2D eigenvalue weighted by Gasteiger charge is -2.22. The summed E-state index contributed by atoms with van der Waals surface area (Å²) < 4.78 is 0. The summed E-state index contributed by atoms with van der Waals surface area (Å²) in [5, 5.41) is 3.85.